The third-order valence-corrected chi connectivity index (χ3v) is 3.10. The summed E-state index contributed by atoms with van der Waals surface area (Å²) in [5.74, 6) is -0.765. The minimum atomic E-state index is -4.57. The summed E-state index contributed by atoms with van der Waals surface area (Å²) < 4.78 is 51.6. The Bertz CT molecular complexity index is 714. The second-order valence-corrected chi connectivity index (χ2v) is 5.34. The zero-order valence-electron chi connectivity index (χ0n) is 9.86. The van der Waals surface area contributed by atoms with Gasteiger partial charge >= 0.3 is 6.18 Å². The largest absolute Gasteiger partial charge is 0.417 e. The predicted molar refractivity (Wildman–Crippen MR) is 66.7 cm³/mol. The molecular weight excluding hydrogens is 319 g/mol. The zero-order valence-corrected chi connectivity index (χ0v) is 11.4. The number of halogens is 4. The van der Waals surface area contributed by atoms with E-state index >= 15 is 0 Å². The van der Waals surface area contributed by atoms with Gasteiger partial charge in [0.05, 0.1) is 16.1 Å². The van der Waals surface area contributed by atoms with Gasteiger partial charge in [-0.1, -0.05) is 11.6 Å². The van der Waals surface area contributed by atoms with Crippen LogP contribution in [-0.2, 0) is 17.2 Å². The summed E-state index contributed by atoms with van der Waals surface area (Å²) in [6.07, 6.45) is -2.61. The first-order valence-electron chi connectivity index (χ1n) is 5.09. The fourth-order valence-electron chi connectivity index (χ4n) is 1.50. The van der Waals surface area contributed by atoms with Gasteiger partial charge in [-0.2, -0.15) is 18.3 Å². The van der Waals surface area contributed by atoms with Crippen molar-refractivity contribution in [2.24, 2.45) is 0 Å². The molecule has 1 atom stereocenters. The van der Waals surface area contributed by atoms with Crippen LogP contribution in [-0.4, -0.2) is 26.0 Å². The molecule has 0 aliphatic rings. The molecular formula is C10H7ClF3N3O2S. The third-order valence-electron chi connectivity index (χ3n) is 2.32. The lowest BCUT2D eigenvalue weighted by Gasteiger charge is -2.07. The number of hydrogen-bond donors (Lipinski definition) is 1. The Balaban J connectivity index is 2.51. The van der Waals surface area contributed by atoms with Crippen molar-refractivity contribution < 1.29 is 22.2 Å². The molecule has 0 aliphatic carbocycles. The maximum Gasteiger partial charge on any atom is 0.417 e. The van der Waals surface area contributed by atoms with E-state index in [-0.39, 0.29) is 16.2 Å². The van der Waals surface area contributed by atoms with Crippen molar-refractivity contribution >= 4 is 34.0 Å². The van der Waals surface area contributed by atoms with E-state index in [9.17, 15) is 22.2 Å². The van der Waals surface area contributed by atoms with Crippen LogP contribution < -0.4 is 4.72 Å². The maximum atomic E-state index is 12.6. The number of hydrogen-bond acceptors (Lipinski definition) is 3. The first-order valence-corrected chi connectivity index (χ1v) is 7.02. The Morgan fingerprint density at radius 2 is 2.10 bits per heavy atom. The summed E-state index contributed by atoms with van der Waals surface area (Å²) in [5, 5.41) is 3.50. The molecule has 0 saturated heterocycles. The number of nitrogens with zero attached hydrogens (tertiary/aromatic N) is 2. The van der Waals surface area contributed by atoms with Crippen LogP contribution in [0.5, 0.6) is 0 Å². The van der Waals surface area contributed by atoms with E-state index in [4.69, 9.17) is 11.6 Å². The highest BCUT2D eigenvalue weighted by Gasteiger charge is 2.32. The Morgan fingerprint density at radius 3 is 2.65 bits per heavy atom. The lowest BCUT2D eigenvalue weighted by molar-refractivity contribution is -0.137. The van der Waals surface area contributed by atoms with Gasteiger partial charge in [0.1, 0.15) is 11.0 Å². The molecule has 0 radical (unpaired) electrons. The molecule has 1 unspecified atom stereocenters. The van der Waals surface area contributed by atoms with Gasteiger partial charge in [0.2, 0.25) is 0 Å². The number of amides is 1. The third kappa shape index (κ3) is 2.93. The van der Waals surface area contributed by atoms with E-state index in [2.05, 4.69) is 9.82 Å². The van der Waals surface area contributed by atoms with Crippen molar-refractivity contribution in [2.45, 2.75) is 6.18 Å². The van der Waals surface area contributed by atoms with Crippen LogP contribution in [0.1, 0.15) is 16.1 Å². The molecule has 2 heterocycles. The molecule has 1 amide bonds. The lowest BCUT2D eigenvalue weighted by Crippen LogP contribution is -2.25. The standard InChI is InChI=1S/C10H7ClF3N3O2S/c1-20(19)16-9(18)7-3-8-6(11)2-5(10(12,13)14)4-17(8)15-7/h2-4H,1H3,(H,16,18). The number of carbonyl (C=O) groups excluding carboxylic acids is 1. The van der Waals surface area contributed by atoms with Crippen molar-refractivity contribution in [3.05, 3.63) is 34.6 Å². The van der Waals surface area contributed by atoms with Gasteiger partial charge in [-0.05, 0) is 12.1 Å². The number of pyridine rings is 1. The minimum absolute atomic E-state index is 0.145. The smallest absolute Gasteiger partial charge is 0.270 e. The summed E-state index contributed by atoms with van der Waals surface area (Å²) in [7, 11) is -1.60. The van der Waals surface area contributed by atoms with Gasteiger partial charge in [0, 0.05) is 12.5 Å². The number of rotatable bonds is 2. The van der Waals surface area contributed by atoms with Gasteiger partial charge in [0.25, 0.3) is 5.91 Å². The van der Waals surface area contributed by atoms with Gasteiger partial charge in [-0.25, -0.2) is 8.72 Å². The molecule has 2 rings (SSSR count). The highest BCUT2D eigenvalue weighted by molar-refractivity contribution is 7.82. The van der Waals surface area contributed by atoms with Crippen LogP contribution in [0.4, 0.5) is 13.2 Å². The normalized spacial score (nSPS) is 13.4. The van der Waals surface area contributed by atoms with Crippen LogP contribution in [0.3, 0.4) is 0 Å². The van der Waals surface area contributed by atoms with E-state index < -0.39 is 28.6 Å². The summed E-state index contributed by atoms with van der Waals surface area (Å²) in [6, 6.07) is 1.96. The zero-order chi connectivity index (χ0) is 15.1. The Morgan fingerprint density at radius 1 is 1.45 bits per heavy atom. The van der Waals surface area contributed by atoms with Gasteiger partial charge < -0.3 is 0 Å². The molecule has 1 N–H and O–H groups in total. The minimum Gasteiger partial charge on any atom is -0.270 e. The molecule has 20 heavy (non-hydrogen) atoms. The lowest BCUT2D eigenvalue weighted by atomic mass is 10.2. The second-order valence-electron chi connectivity index (χ2n) is 3.82. The van der Waals surface area contributed by atoms with E-state index in [0.29, 0.717) is 0 Å². The van der Waals surface area contributed by atoms with Gasteiger partial charge in [-0.15, -0.1) is 0 Å². The molecule has 108 valence electrons. The van der Waals surface area contributed by atoms with Gasteiger partial charge in [-0.3, -0.25) is 9.52 Å². The molecule has 0 aliphatic heterocycles. The molecule has 10 heteroatoms. The molecule has 0 bridgehead atoms. The Labute approximate surface area is 118 Å². The average molecular weight is 326 g/mol. The fraction of sp³-hybridized carbons (Fsp3) is 0.200. The molecule has 0 fully saturated rings. The van der Waals surface area contributed by atoms with E-state index in [0.717, 1.165) is 16.8 Å². The Hall–Kier alpha value is -1.61. The second kappa shape index (κ2) is 5.06. The molecule has 2 aromatic heterocycles. The quantitative estimate of drug-likeness (QED) is 0.919. The van der Waals surface area contributed by atoms with Crippen molar-refractivity contribution in [2.75, 3.05) is 6.26 Å². The predicted octanol–water partition coefficient (Wildman–Crippen LogP) is 2.03. The van der Waals surface area contributed by atoms with Gasteiger partial charge in [0.15, 0.2) is 5.69 Å². The van der Waals surface area contributed by atoms with Crippen molar-refractivity contribution in [3.8, 4) is 0 Å². The first kappa shape index (κ1) is 14.8. The molecule has 5 nitrogen and oxygen atoms in total. The Kier molecular flexibility index (Phi) is 3.74. The van der Waals surface area contributed by atoms with Crippen LogP contribution in [0, 0.1) is 0 Å². The van der Waals surface area contributed by atoms with Crippen molar-refractivity contribution in [3.63, 3.8) is 0 Å². The summed E-state index contributed by atoms with van der Waals surface area (Å²) >= 11 is 5.74. The van der Waals surface area contributed by atoms with E-state index in [1.165, 1.54) is 12.3 Å². The summed E-state index contributed by atoms with van der Waals surface area (Å²) in [5.41, 5.74) is -1.02. The highest BCUT2D eigenvalue weighted by atomic mass is 35.5. The van der Waals surface area contributed by atoms with Crippen molar-refractivity contribution in [1.82, 2.24) is 14.3 Å². The molecule has 2 aromatic rings. The fourth-order valence-corrected chi connectivity index (χ4v) is 2.12. The van der Waals surface area contributed by atoms with Crippen molar-refractivity contribution in [1.29, 1.82) is 0 Å². The van der Waals surface area contributed by atoms with E-state index in [1.807, 2.05) is 0 Å². The molecule has 0 spiro atoms. The number of fused-ring (bicyclic) bond motifs is 1. The highest BCUT2D eigenvalue weighted by Crippen LogP contribution is 2.32. The summed E-state index contributed by atoms with van der Waals surface area (Å²) in [4.78, 5) is 11.6. The topological polar surface area (TPSA) is 63.5 Å². The van der Waals surface area contributed by atoms with Crippen LogP contribution in [0.15, 0.2) is 18.3 Å². The maximum absolute atomic E-state index is 12.6. The van der Waals surface area contributed by atoms with E-state index in [1.54, 1.807) is 0 Å². The number of alkyl halides is 3. The summed E-state index contributed by atoms with van der Waals surface area (Å²) in [6.45, 7) is 0. The van der Waals surface area contributed by atoms with Crippen LogP contribution >= 0.6 is 11.6 Å². The molecule has 0 aromatic carbocycles. The number of aromatic nitrogens is 2. The average Bonchev–Trinajstić information content (AvgIpc) is 2.71. The number of carbonyl (C=O) groups is 1. The van der Waals surface area contributed by atoms with Crippen LogP contribution in [0.25, 0.3) is 5.52 Å². The van der Waals surface area contributed by atoms with Crippen LogP contribution in [0.2, 0.25) is 5.02 Å². The first-order chi connectivity index (χ1) is 9.18. The SMILES string of the molecule is CS(=O)NC(=O)c1cc2c(Cl)cc(C(F)(F)F)cn2n1. The molecule has 0 saturated carbocycles. The monoisotopic (exact) mass is 325 g/mol. The number of nitrogens with one attached hydrogen (secondary N) is 1.